The van der Waals surface area contributed by atoms with Crippen molar-refractivity contribution in [2.45, 2.75) is 211 Å². The van der Waals surface area contributed by atoms with Crippen LogP contribution in [0.15, 0.2) is 0 Å². The van der Waals surface area contributed by atoms with Crippen molar-refractivity contribution in [3.05, 3.63) is 0 Å². The van der Waals surface area contributed by atoms with Crippen LogP contribution in [0.4, 0.5) is 4.79 Å². The molecule has 0 bridgehead atoms. The molecule has 1 saturated heterocycles. The fourth-order valence-corrected chi connectivity index (χ4v) is 3.58. The molecule has 1 fully saturated rings. The van der Waals surface area contributed by atoms with Crippen molar-refractivity contribution < 1.29 is 29.0 Å². The summed E-state index contributed by atoms with van der Waals surface area (Å²) in [6, 6.07) is 0. The van der Waals surface area contributed by atoms with E-state index in [4.69, 9.17) is 9.84 Å². The van der Waals surface area contributed by atoms with Crippen molar-refractivity contribution in [2.75, 3.05) is 13.1 Å². The van der Waals surface area contributed by atoms with Crippen LogP contribution < -0.4 is 0 Å². The standard InChI is InChI=1S/C14H27NO2.C10H20O2.C8H18.C7H14O.C6H12O/c1-13(2,3)11-7-9-15(10-8-11)12(16)17-14(4,5)6;1-9(2,3)10(4,5)7-6-8(11)12;1-7(2,3)8(4,5)6;1-5-6(8)7(2,3)4;1-5(7)6(2,3)4/h11H,7-10H2,1-6H3;6-7H2,1-5H3,(H,11,12);1-6H3;5H2,1-4H3;1-4H3. The van der Waals surface area contributed by atoms with Gasteiger partial charge in [0.05, 0.1) is 0 Å². The second-order valence-electron chi connectivity index (χ2n) is 22.5. The summed E-state index contributed by atoms with van der Waals surface area (Å²) in [7, 11) is 0. The Labute approximate surface area is 324 Å². The van der Waals surface area contributed by atoms with Gasteiger partial charge in [0.25, 0.3) is 0 Å². The van der Waals surface area contributed by atoms with Crippen molar-refractivity contribution in [3.63, 3.8) is 0 Å². The molecule has 0 saturated carbocycles. The van der Waals surface area contributed by atoms with E-state index in [-0.39, 0.29) is 40.0 Å². The molecule has 0 aromatic rings. The summed E-state index contributed by atoms with van der Waals surface area (Å²) < 4.78 is 5.39. The number of amides is 1. The van der Waals surface area contributed by atoms with Crippen LogP contribution in [0.3, 0.4) is 0 Å². The van der Waals surface area contributed by atoms with Crippen LogP contribution in [0.5, 0.6) is 0 Å². The minimum atomic E-state index is -0.702. The van der Waals surface area contributed by atoms with Crippen molar-refractivity contribution in [1.82, 2.24) is 4.90 Å². The molecule has 1 heterocycles. The van der Waals surface area contributed by atoms with Crippen molar-refractivity contribution in [3.8, 4) is 0 Å². The molecule has 1 N–H and O–H groups in total. The van der Waals surface area contributed by atoms with E-state index in [1.54, 1.807) is 6.92 Å². The topological polar surface area (TPSA) is 101 Å². The first-order valence-corrected chi connectivity index (χ1v) is 19.7. The van der Waals surface area contributed by atoms with Gasteiger partial charge < -0.3 is 14.7 Å². The number of carboxylic acids is 1. The summed E-state index contributed by atoms with van der Waals surface area (Å²) in [6.07, 6.45) is 3.68. The molecular weight excluding hydrogens is 650 g/mol. The molecule has 1 rings (SSSR count). The molecule has 0 atom stereocenters. The van der Waals surface area contributed by atoms with Crippen LogP contribution in [-0.2, 0) is 19.1 Å². The molecule has 0 spiro atoms. The second-order valence-corrected chi connectivity index (χ2v) is 22.5. The average molecular weight is 742 g/mol. The van der Waals surface area contributed by atoms with Crippen molar-refractivity contribution in [1.29, 1.82) is 0 Å². The largest absolute Gasteiger partial charge is 0.481 e. The molecule has 0 aromatic carbocycles. The van der Waals surface area contributed by atoms with E-state index in [1.165, 1.54) is 0 Å². The monoisotopic (exact) mass is 742 g/mol. The van der Waals surface area contributed by atoms with Crippen LogP contribution in [0.1, 0.15) is 205 Å². The van der Waals surface area contributed by atoms with Crippen LogP contribution in [0, 0.1) is 43.8 Å². The quantitative estimate of drug-likeness (QED) is 0.308. The first kappa shape index (κ1) is 56.8. The highest BCUT2D eigenvalue weighted by Crippen LogP contribution is 2.41. The number of rotatable bonds is 4. The third kappa shape index (κ3) is 28.6. The smallest absolute Gasteiger partial charge is 0.410 e. The zero-order chi connectivity index (χ0) is 43.1. The summed E-state index contributed by atoms with van der Waals surface area (Å²) in [5, 5.41) is 8.54. The second kappa shape index (κ2) is 21.8. The van der Waals surface area contributed by atoms with Gasteiger partial charge in [0.1, 0.15) is 17.2 Å². The van der Waals surface area contributed by atoms with E-state index in [0.717, 1.165) is 32.4 Å². The molecule has 1 aliphatic rings. The summed E-state index contributed by atoms with van der Waals surface area (Å²) in [4.78, 5) is 45.4. The maximum atomic E-state index is 11.9. The van der Waals surface area contributed by atoms with E-state index in [2.05, 4.69) is 96.9 Å². The number of aliphatic carboxylic acids is 1. The molecule has 0 unspecified atom stereocenters. The first-order valence-electron chi connectivity index (χ1n) is 19.7. The predicted octanol–water partition coefficient (Wildman–Crippen LogP) is 13.3. The number of nitrogens with zero attached hydrogens (tertiary/aromatic N) is 1. The molecule has 7 nitrogen and oxygen atoms in total. The molecule has 52 heavy (non-hydrogen) atoms. The van der Waals surface area contributed by atoms with Gasteiger partial charge in [-0.1, -0.05) is 145 Å². The van der Waals surface area contributed by atoms with Crippen LogP contribution in [0.25, 0.3) is 0 Å². The van der Waals surface area contributed by atoms with E-state index < -0.39 is 11.6 Å². The highest BCUT2D eigenvalue weighted by atomic mass is 16.6. The number of Topliss-reactive ketones (excluding diaryl/α,β-unsaturated/α-hetero) is 2. The molecule has 1 amide bonds. The first-order chi connectivity index (χ1) is 22.4. The van der Waals surface area contributed by atoms with Gasteiger partial charge in [0.15, 0.2) is 0 Å². The number of carboxylic acid groups (broad SMARTS) is 1. The van der Waals surface area contributed by atoms with Gasteiger partial charge in [-0.2, -0.15) is 0 Å². The third-order valence-electron chi connectivity index (χ3n) is 10.8. The highest BCUT2D eigenvalue weighted by molar-refractivity contribution is 5.83. The predicted molar refractivity (Wildman–Crippen MR) is 224 cm³/mol. The Morgan fingerprint density at radius 2 is 0.962 bits per heavy atom. The van der Waals surface area contributed by atoms with E-state index >= 15 is 0 Å². The van der Waals surface area contributed by atoms with E-state index in [9.17, 15) is 19.2 Å². The SMILES string of the molecule is CC(=O)C(C)(C)C.CC(C)(C)C(C)(C)C.CC(C)(C)C(C)(C)CCC(=O)O.CC(C)(C)OC(=O)N1CCC(C(C)(C)C)CC1.CCC(=O)C(C)(C)C. The van der Waals surface area contributed by atoms with Gasteiger partial charge in [-0.05, 0) is 80.0 Å². The lowest BCUT2D eigenvalue weighted by Gasteiger charge is -2.39. The average Bonchev–Trinajstić information content (AvgIpc) is 2.89. The fourth-order valence-electron chi connectivity index (χ4n) is 3.58. The Hall–Kier alpha value is -1.92. The van der Waals surface area contributed by atoms with E-state index in [0.29, 0.717) is 34.4 Å². The number of likely N-dealkylation sites (tertiary alicyclic amines) is 1. The Bertz CT molecular complexity index is 1030. The molecule has 1 aliphatic heterocycles. The molecule has 0 aliphatic carbocycles. The summed E-state index contributed by atoms with van der Waals surface area (Å²) in [6.45, 7) is 53.6. The Balaban J connectivity index is -0.000000291. The number of hydrogen-bond acceptors (Lipinski definition) is 5. The number of piperidine rings is 1. The lowest BCUT2D eigenvalue weighted by molar-refractivity contribution is -0.138. The van der Waals surface area contributed by atoms with Gasteiger partial charge in [0, 0.05) is 36.8 Å². The number of ether oxygens (including phenoxy) is 1. The summed E-state index contributed by atoms with van der Waals surface area (Å²) in [5.74, 6) is 0.582. The summed E-state index contributed by atoms with van der Waals surface area (Å²) >= 11 is 0. The lowest BCUT2D eigenvalue weighted by Crippen LogP contribution is -2.43. The van der Waals surface area contributed by atoms with Crippen LogP contribution >= 0.6 is 0 Å². The third-order valence-corrected chi connectivity index (χ3v) is 10.8. The minimum Gasteiger partial charge on any atom is -0.481 e. The zero-order valence-corrected chi connectivity index (χ0v) is 39.5. The molecular formula is C45H91NO6. The Morgan fingerprint density at radius 1 is 0.615 bits per heavy atom. The molecule has 0 radical (unpaired) electrons. The number of carbonyl (C=O) groups is 4. The minimum absolute atomic E-state index is 0.0887. The summed E-state index contributed by atoms with van der Waals surface area (Å²) in [5.41, 5.74) is 0.820. The fraction of sp³-hybridized carbons (Fsp3) is 0.911. The van der Waals surface area contributed by atoms with Crippen molar-refractivity contribution >= 4 is 23.6 Å². The van der Waals surface area contributed by atoms with Gasteiger partial charge in [-0.25, -0.2) is 4.79 Å². The molecule has 0 aromatic heterocycles. The normalized spacial score (nSPS) is 14.8. The number of hydrogen-bond donors (Lipinski definition) is 1. The zero-order valence-electron chi connectivity index (χ0n) is 39.5. The maximum absolute atomic E-state index is 11.9. The van der Waals surface area contributed by atoms with Gasteiger partial charge in [0.2, 0.25) is 0 Å². The molecule has 312 valence electrons. The lowest BCUT2D eigenvalue weighted by atomic mass is 9.67. The Morgan fingerprint density at radius 3 is 1.13 bits per heavy atom. The van der Waals surface area contributed by atoms with Gasteiger partial charge in [-0.3, -0.25) is 14.4 Å². The van der Waals surface area contributed by atoms with Crippen LogP contribution in [0.2, 0.25) is 0 Å². The van der Waals surface area contributed by atoms with Crippen LogP contribution in [-0.4, -0.2) is 52.3 Å². The highest BCUT2D eigenvalue weighted by Gasteiger charge is 2.33. The van der Waals surface area contributed by atoms with Crippen molar-refractivity contribution in [2.24, 2.45) is 43.8 Å². The van der Waals surface area contributed by atoms with Gasteiger partial charge >= 0.3 is 12.1 Å². The maximum Gasteiger partial charge on any atom is 0.410 e. The van der Waals surface area contributed by atoms with Gasteiger partial charge in [-0.15, -0.1) is 0 Å². The van der Waals surface area contributed by atoms with E-state index in [1.807, 2.05) is 74.1 Å². The Kier molecular flexibility index (Phi) is 23.9. The number of carbonyl (C=O) groups excluding carboxylic acids is 3. The number of ketones is 2. The molecule has 7 heteroatoms.